The molecule has 186 valence electrons. The minimum absolute atomic E-state index is 0.0187. The molecule has 0 aliphatic rings. The first-order valence-electron chi connectivity index (χ1n) is 11.4. The van der Waals surface area contributed by atoms with Crippen LogP contribution < -0.4 is 4.72 Å². The fourth-order valence-corrected chi connectivity index (χ4v) is 5.81. The lowest BCUT2D eigenvalue weighted by molar-refractivity contribution is 0.0636. The van der Waals surface area contributed by atoms with Gasteiger partial charge in [0.05, 0.1) is 28.8 Å². The van der Waals surface area contributed by atoms with Crippen molar-refractivity contribution in [2.75, 3.05) is 17.8 Å². The molecule has 0 spiro atoms. The molecule has 35 heavy (non-hydrogen) atoms. The minimum Gasteiger partial charge on any atom is -0.508 e. The van der Waals surface area contributed by atoms with Crippen LogP contribution in [0.15, 0.2) is 59.5 Å². The number of anilines is 1. The standard InChI is InChI=1S/C27H32N2O5S/c1-6-29(16-25(31)21-10-9-11-22(30)15-21)27(32)23-12-7-8-13-24(23)28-35(33,34)26-19(4)17(2)14-18(3)20(26)5/h7-15,25,28,30-31H,6,16H2,1-5H3. The summed E-state index contributed by atoms with van der Waals surface area (Å²) in [6.45, 7) is 9.34. The lowest BCUT2D eigenvalue weighted by atomic mass is 10.0. The Hall–Kier alpha value is -3.36. The van der Waals surface area contributed by atoms with Crippen LogP contribution in [0.1, 0.15) is 51.2 Å². The van der Waals surface area contributed by atoms with E-state index in [9.17, 15) is 23.4 Å². The first-order chi connectivity index (χ1) is 16.5. The van der Waals surface area contributed by atoms with Crippen LogP contribution in [0.2, 0.25) is 0 Å². The summed E-state index contributed by atoms with van der Waals surface area (Å²) in [5.74, 6) is -0.397. The van der Waals surface area contributed by atoms with Crippen LogP contribution in [-0.2, 0) is 10.0 Å². The highest BCUT2D eigenvalue weighted by atomic mass is 32.2. The molecule has 0 aliphatic carbocycles. The van der Waals surface area contributed by atoms with Crippen LogP contribution >= 0.6 is 0 Å². The fraction of sp³-hybridized carbons (Fsp3) is 0.296. The number of likely N-dealkylation sites (N-methyl/N-ethyl adjacent to an activating group) is 1. The summed E-state index contributed by atoms with van der Waals surface area (Å²) in [6, 6.07) is 14.6. The number of aryl methyl sites for hydroxylation is 2. The third kappa shape index (κ3) is 5.66. The van der Waals surface area contributed by atoms with Gasteiger partial charge in [0.15, 0.2) is 0 Å². The number of amides is 1. The number of hydrogen-bond acceptors (Lipinski definition) is 5. The van der Waals surface area contributed by atoms with E-state index in [2.05, 4.69) is 4.72 Å². The second-order valence-electron chi connectivity index (χ2n) is 8.70. The van der Waals surface area contributed by atoms with E-state index in [0.717, 1.165) is 11.1 Å². The van der Waals surface area contributed by atoms with Gasteiger partial charge in [0, 0.05) is 6.54 Å². The monoisotopic (exact) mass is 496 g/mol. The van der Waals surface area contributed by atoms with Crippen LogP contribution in [0.25, 0.3) is 0 Å². The van der Waals surface area contributed by atoms with E-state index in [0.29, 0.717) is 23.2 Å². The minimum atomic E-state index is -3.98. The van der Waals surface area contributed by atoms with Crippen molar-refractivity contribution in [1.29, 1.82) is 0 Å². The normalized spacial score (nSPS) is 12.3. The van der Waals surface area contributed by atoms with Gasteiger partial charge in [0.1, 0.15) is 5.75 Å². The Morgan fingerprint density at radius 2 is 1.60 bits per heavy atom. The molecule has 0 radical (unpaired) electrons. The van der Waals surface area contributed by atoms with E-state index in [-0.39, 0.29) is 28.4 Å². The van der Waals surface area contributed by atoms with E-state index in [4.69, 9.17) is 0 Å². The number of para-hydroxylation sites is 1. The third-order valence-electron chi connectivity index (χ3n) is 6.28. The molecule has 3 rings (SSSR count). The number of nitrogens with zero attached hydrogens (tertiary/aromatic N) is 1. The summed E-state index contributed by atoms with van der Waals surface area (Å²) in [4.78, 5) is 15.1. The molecule has 1 atom stereocenters. The Morgan fingerprint density at radius 1 is 0.971 bits per heavy atom. The van der Waals surface area contributed by atoms with Crippen LogP contribution in [0, 0.1) is 27.7 Å². The predicted molar refractivity (Wildman–Crippen MR) is 137 cm³/mol. The Morgan fingerprint density at radius 3 is 2.20 bits per heavy atom. The van der Waals surface area contributed by atoms with Crippen molar-refractivity contribution in [2.24, 2.45) is 0 Å². The molecule has 3 aromatic rings. The fourth-order valence-electron chi connectivity index (χ4n) is 4.11. The highest BCUT2D eigenvalue weighted by molar-refractivity contribution is 7.92. The van der Waals surface area contributed by atoms with Gasteiger partial charge in [0.2, 0.25) is 0 Å². The summed E-state index contributed by atoms with van der Waals surface area (Å²) in [6.07, 6.45) is -1.02. The number of carbonyl (C=O) groups is 1. The summed E-state index contributed by atoms with van der Waals surface area (Å²) in [5.41, 5.74) is 3.89. The molecule has 8 heteroatoms. The molecule has 1 unspecified atom stereocenters. The van der Waals surface area contributed by atoms with Crippen molar-refractivity contribution in [2.45, 2.75) is 45.6 Å². The van der Waals surface area contributed by atoms with Gasteiger partial charge < -0.3 is 15.1 Å². The number of phenolic OH excluding ortho intramolecular Hbond substituents is 1. The maximum Gasteiger partial charge on any atom is 0.262 e. The van der Waals surface area contributed by atoms with Crippen molar-refractivity contribution in [3.8, 4) is 5.75 Å². The smallest absolute Gasteiger partial charge is 0.262 e. The van der Waals surface area contributed by atoms with Crippen molar-refractivity contribution < 1.29 is 23.4 Å². The topological polar surface area (TPSA) is 107 Å². The highest BCUT2D eigenvalue weighted by Gasteiger charge is 2.26. The molecule has 0 saturated heterocycles. The van der Waals surface area contributed by atoms with Crippen LogP contribution in [0.3, 0.4) is 0 Å². The molecule has 0 bridgehead atoms. The lowest BCUT2D eigenvalue weighted by Crippen LogP contribution is -2.35. The average molecular weight is 497 g/mol. The molecule has 0 aliphatic heterocycles. The summed E-state index contributed by atoms with van der Waals surface area (Å²) < 4.78 is 29.5. The van der Waals surface area contributed by atoms with Gasteiger partial charge >= 0.3 is 0 Å². The number of benzene rings is 3. The Bertz CT molecular complexity index is 1330. The summed E-state index contributed by atoms with van der Waals surface area (Å²) in [7, 11) is -3.98. The highest BCUT2D eigenvalue weighted by Crippen LogP contribution is 2.29. The predicted octanol–water partition coefficient (Wildman–Crippen LogP) is 4.62. The van der Waals surface area contributed by atoms with E-state index >= 15 is 0 Å². The SMILES string of the molecule is CCN(CC(O)c1cccc(O)c1)C(=O)c1ccccc1NS(=O)(=O)c1c(C)c(C)cc(C)c1C. The van der Waals surface area contributed by atoms with Crippen molar-refractivity contribution >= 4 is 21.6 Å². The van der Waals surface area contributed by atoms with Gasteiger partial charge in [0.25, 0.3) is 15.9 Å². The first kappa shape index (κ1) is 26.2. The van der Waals surface area contributed by atoms with Gasteiger partial charge in [-0.25, -0.2) is 8.42 Å². The Balaban J connectivity index is 1.93. The molecule has 1 amide bonds. The van der Waals surface area contributed by atoms with Crippen molar-refractivity contribution in [1.82, 2.24) is 4.90 Å². The van der Waals surface area contributed by atoms with Gasteiger partial charge in [-0.2, -0.15) is 0 Å². The number of aliphatic hydroxyl groups is 1. The van der Waals surface area contributed by atoms with Crippen molar-refractivity contribution in [3.63, 3.8) is 0 Å². The number of aromatic hydroxyl groups is 1. The average Bonchev–Trinajstić information content (AvgIpc) is 2.80. The van der Waals surface area contributed by atoms with E-state index in [1.807, 2.05) is 19.9 Å². The molecule has 0 saturated carbocycles. The largest absolute Gasteiger partial charge is 0.508 e. The second-order valence-corrected chi connectivity index (χ2v) is 10.3. The summed E-state index contributed by atoms with van der Waals surface area (Å²) in [5, 5.41) is 20.3. The lowest BCUT2D eigenvalue weighted by Gasteiger charge is -2.25. The number of hydrogen-bond donors (Lipinski definition) is 3. The van der Waals surface area contributed by atoms with Gasteiger partial charge in [-0.15, -0.1) is 0 Å². The maximum absolute atomic E-state index is 13.5. The number of carbonyl (C=O) groups excluding carboxylic acids is 1. The number of aliphatic hydroxyl groups excluding tert-OH is 1. The quantitative estimate of drug-likeness (QED) is 0.422. The van der Waals surface area contributed by atoms with Crippen molar-refractivity contribution in [3.05, 3.63) is 88.0 Å². The van der Waals surface area contributed by atoms with Crippen LogP contribution in [0.4, 0.5) is 5.69 Å². The maximum atomic E-state index is 13.5. The van der Waals surface area contributed by atoms with Gasteiger partial charge in [-0.05, 0) is 86.7 Å². The number of nitrogens with one attached hydrogen (secondary N) is 1. The van der Waals surface area contributed by atoms with E-state index in [1.54, 1.807) is 57.2 Å². The third-order valence-corrected chi connectivity index (χ3v) is 7.92. The van der Waals surface area contributed by atoms with Crippen LogP contribution in [-0.4, -0.2) is 42.5 Å². The van der Waals surface area contributed by atoms with Gasteiger partial charge in [-0.3, -0.25) is 9.52 Å². The zero-order valence-corrected chi connectivity index (χ0v) is 21.5. The van der Waals surface area contributed by atoms with Gasteiger partial charge in [-0.1, -0.05) is 30.3 Å². The summed E-state index contributed by atoms with van der Waals surface area (Å²) >= 11 is 0. The van der Waals surface area contributed by atoms with Crippen LogP contribution in [0.5, 0.6) is 5.75 Å². The zero-order valence-electron chi connectivity index (χ0n) is 20.7. The zero-order chi connectivity index (χ0) is 25.9. The molecule has 0 aromatic heterocycles. The molecule has 0 fully saturated rings. The molecular weight excluding hydrogens is 464 g/mol. The molecular formula is C27H32N2O5S. The van der Waals surface area contributed by atoms with E-state index < -0.39 is 22.0 Å². The second kappa shape index (κ2) is 10.5. The Labute approximate surface area is 207 Å². The molecule has 3 N–H and O–H groups in total. The number of phenols is 1. The molecule has 7 nitrogen and oxygen atoms in total. The van der Waals surface area contributed by atoms with E-state index in [1.165, 1.54) is 17.0 Å². The number of sulfonamides is 1. The number of rotatable bonds is 8. The first-order valence-corrected chi connectivity index (χ1v) is 12.9. The molecule has 0 heterocycles. The molecule has 3 aromatic carbocycles. The Kier molecular flexibility index (Phi) is 7.87.